The van der Waals surface area contributed by atoms with E-state index in [1.54, 1.807) is 20.8 Å². The van der Waals surface area contributed by atoms with E-state index in [9.17, 15) is 18.0 Å². The van der Waals surface area contributed by atoms with Crippen LogP contribution in [0.1, 0.15) is 36.8 Å². The predicted octanol–water partition coefficient (Wildman–Crippen LogP) is 2.56. The van der Waals surface area contributed by atoms with E-state index in [0.717, 1.165) is 18.3 Å². The molecule has 0 fully saturated rings. The van der Waals surface area contributed by atoms with Gasteiger partial charge in [0.05, 0.1) is 11.2 Å². The van der Waals surface area contributed by atoms with E-state index >= 15 is 0 Å². The number of rotatable bonds is 2. The number of pyridine rings is 1. The summed E-state index contributed by atoms with van der Waals surface area (Å²) < 4.78 is 36.7. The fraction of sp³-hybridized carbons (Fsp3) is 0.455. The van der Waals surface area contributed by atoms with Crippen LogP contribution in [0.5, 0.6) is 0 Å². The summed E-state index contributed by atoms with van der Waals surface area (Å²) in [5.41, 5.74) is 0.496. The molecular weight excluding hydrogens is 249 g/mol. The first-order chi connectivity index (χ1) is 8.09. The minimum Gasteiger partial charge on any atom is -0.268 e. The van der Waals surface area contributed by atoms with E-state index < -0.39 is 23.4 Å². The van der Waals surface area contributed by atoms with Crippen molar-refractivity contribution in [2.45, 2.75) is 32.5 Å². The topological polar surface area (TPSA) is 51.2 Å². The highest BCUT2D eigenvalue weighted by Crippen LogP contribution is 2.27. The second-order valence-corrected chi connectivity index (χ2v) is 4.58. The molecule has 0 radical (unpaired) electrons. The standard InChI is InChI=1S/C11H13F3N2O2/c1-10(2,3)18-16-9(17)7-4-5-8(15-6-7)11(12,13)14/h4-6H,1-3H3,(H,16,17). The molecule has 1 rings (SSSR count). The van der Waals surface area contributed by atoms with E-state index in [4.69, 9.17) is 4.84 Å². The Balaban J connectivity index is 2.71. The van der Waals surface area contributed by atoms with Crippen molar-refractivity contribution >= 4 is 5.91 Å². The molecule has 0 aliphatic carbocycles. The summed E-state index contributed by atoms with van der Waals surface area (Å²) in [7, 11) is 0. The van der Waals surface area contributed by atoms with E-state index in [1.807, 2.05) is 0 Å². The summed E-state index contributed by atoms with van der Waals surface area (Å²) in [4.78, 5) is 19.7. The number of alkyl halides is 3. The molecule has 0 bridgehead atoms. The summed E-state index contributed by atoms with van der Waals surface area (Å²) in [6.07, 6.45) is -3.67. The number of hydroxylamine groups is 1. The van der Waals surface area contributed by atoms with Gasteiger partial charge in [-0.3, -0.25) is 14.6 Å². The van der Waals surface area contributed by atoms with Crippen LogP contribution in [0.2, 0.25) is 0 Å². The van der Waals surface area contributed by atoms with Crippen molar-refractivity contribution < 1.29 is 22.8 Å². The van der Waals surface area contributed by atoms with Crippen LogP contribution in [-0.2, 0) is 11.0 Å². The molecule has 0 unspecified atom stereocenters. The molecule has 0 aliphatic rings. The zero-order valence-electron chi connectivity index (χ0n) is 10.1. The molecular formula is C11H13F3N2O2. The fourth-order valence-corrected chi connectivity index (χ4v) is 0.954. The third kappa shape index (κ3) is 4.33. The van der Waals surface area contributed by atoms with Gasteiger partial charge in [-0.2, -0.15) is 13.2 Å². The number of aromatic nitrogens is 1. The highest BCUT2D eigenvalue weighted by atomic mass is 19.4. The Hall–Kier alpha value is -1.63. The lowest BCUT2D eigenvalue weighted by molar-refractivity contribution is -0.141. The van der Waals surface area contributed by atoms with Crippen molar-refractivity contribution in [2.24, 2.45) is 0 Å². The van der Waals surface area contributed by atoms with Crippen molar-refractivity contribution in [1.29, 1.82) is 0 Å². The van der Waals surface area contributed by atoms with Crippen molar-refractivity contribution in [3.63, 3.8) is 0 Å². The molecule has 0 spiro atoms. The Morgan fingerprint density at radius 1 is 1.28 bits per heavy atom. The van der Waals surface area contributed by atoms with Gasteiger partial charge in [0.2, 0.25) is 0 Å². The van der Waals surface area contributed by atoms with Crippen molar-refractivity contribution in [1.82, 2.24) is 10.5 Å². The Bertz CT molecular complexity index is 421. The van der Waals surface area contributed by atoms with Crippen LogP contribution in [0.3, 0.4) is 0 Å². The summed E-state index contributed by atoms with van der Waals surface area (Å²) >= 11 is 0. The molecule has 1 amide bonds. The maximum atomic E-state index is 12.2. The van der Waals surface area contributed by atoms with Crippen molar-refractivity contribution in [3.05, 3.63) is 29.6 Å². The quantitative estimate of drug-likeness (QED) is 0.833. The van der Waals surface area contributed by atoms with Gasteiger partial charge in [-0.05, 0) is 32.9 Å². The average Bonchev–Trinajstić information content (AvgIpc) is 2.24. The van der Waals surface area contributed by atoms with Gasteiger partial charge in [0.1, 0.15) is 5.69 Å². The second kappa shape index (κ2) is 4.93. The molecule has 1 N–H and O–H groups in total. The molecule has 0 atom stereocenters. The molecule has 0 aliphatic heterocycles. The Labute approximate surface area is 102 Å². The number of nitrogens with zero attached hydrogens (tertiary/aromatic N) is 1. The van der Waals surface area contributed by atoms with Crippen molar-refractivity contribution in [2.75, 3.05) is 0 Å². The SMILES string of the molecule is CC(C)(C)ONC(=O)c1ccc(C(F)(F)F)nc1. The third-order valence-corrected chi connectivity index (χ3v) is 1.77. The van der Waals surface area contributed by atoms with Crippen LogP contribution >= 0.6 is 0 Å². The van der Waals surface area contributed by atoms with Gasteiger partial charge >= 0.3 is 6.18 Å². The van der Waals surface area contributed by atoms with Gasteiger partial charge in [-0.15, -0.1) is 0 Å². The van der Waals surface area contributed by atoms with Gasteiger partial charge in [0.15, 0.2) is 0 Å². The number of hydrogen-bond acceptors (Lipinski definition) is 3. The first-order valence-corrected chi connectivity index (χ1v) is 5.11. The average molecular weight is 262 g/mol. The number of carbonyl (C=O) groups excluding carboxylic acids is 1. The van der Waals surface area contributed by atoms with Crippen LogP contribution in [0.25, 0.3) is 0 Å². The maximum Gasteiger partial charge on any atom is 0.433 e. The van der Waals surface area contributed by atoms with E-state index in [2.05, 4.69) is 10.5 Å². The van der Waals surface area contributed by atoms with Crippen LogP contribution in [0.4, 0.5) is 13.2 Å². The normalized spacial score (nSPS) is 12.3. The maximum absolute atomic E-state index is 12.2. The highest BCUT2D eigenvalue weighted by Gasteiger charge is 2.32. The van der Waals surface area contributed by atoms with Gasteiger partial charge in [0.25, 0.3) is 5.91 Å². The summed E-state index contributed by atoms with van der Waals surface area (Å²) in [6.45, 7) is 5.16. The van der Waals surface area contributed by atoms with Crippen LogP contribution in [0.15, 0.2) is 18.3 Å². The molecule has 7 heteroatoms. The van der Waals surface area contributed by atoms with E-state index in [-0.39, 0.29) is 5.56 Å². The molecule has 18 heavy (non-hydrogen) atoms. The lowest BCUT2D eigenvalue weighted by atomic mass is 10.2. The molecule has 100 valence electrons. The minimum absolute atomic E-state index is 0.00718. The van der Waals surface area contributed by atoms with E-state index in [0.29, 0.717) is 0 Å². The minimum atomic E-state index is -4.52. The smallest absolute Gasteiger partial charge is 0.268 e. The van der Waals surface area contributed by atoms with Gasteiger partial charge in [-0.25, -0.2) is 5.48 Å². The number of amides is 1. The molecule has 0 saturated carbocycles. The molecule has 4 nitrogen and oxygen atoms in total. The number of hydrogen-bond donors (Lipinski definition) is 1. The molecule has 1 heterocycles. The first kappa shape index (κ1) is 14.4. The zero-order valence-corrected chi connectivity index (χ0v) is 10.1. The fourth-order valence-electron chi connectivity index (χ4n) is 0.954. The summed E-state index contributed by atoms with van der Waals surface area (Å²) in [6, 6.07) is 1.78. The molecule has 0 saturated heterocycles. The van der Waals surface area contributed by atoms with Gasteiger partial charge in [-0.1, -0.05) is 0 Å². The van der Waals surface area contributed by atoms with Crippen LogP contribution in [-0.4, -0.2) is 16.5 Å². The second-order valence-electron chi connectivity index (χ2n) is 4.58. The van der Waals surface area contributed by atoms with Crippen LogP contribution in [0, 0.1) is 0 Å². The number of carbonyl (C=O) groups is 1. The number of halogens is 3. The molecule has 0 aromatic carbocycles. The summed E-state index contributed by atoms with van der Waals surface area (Å²) in [5, 5.41) is 0. The molecule has 1 aromatic heterocycles. The highest BCUT2D eigenvalue weighted by molar-refractivity contribution is 5.93. The van der Waals surface area contributed by atoms with Gasteiger partial charge < -0.3 is 0 Å². The zero-order chi connectivity index (χ0) is 14.0. The summed E-state index contributed by atoms with van der Waals surface area (Å²) in [5.74, 6) is -0.647. The Morgan fingerprint density at radius 2 is 1.89 bits per heavy atom. The lowest BCUT2D eigenvalue weighted by Gasteiger charge is -2.18. The third-order valence-electron chi connectivity index (χ3n) is 1.77. The largest absolute Gasteiger partial charge is 0.433 e. The lowest BCUT2D eigenvalue weighted by Crippen LogP contribution is -2.33. The van der Waals surface area contributed by atoms with Gasteiger partial charge in [0, 0.05) is 6.20 Å². The predicted molar refractivity (Wildman–Crippen MR) is 57.5 cm³/mol. The van der Waals surface area contributed by atoms with Crippen molar-refractivity contribution in [3.8, 4) is 0 Å². The van der Waals surface area contributed by atoms with E-state index in [1.165, 1.54) is 0 Å². The monoisotopic (exact) mass is 262 g/mol. The Morgan fingerprint density at radius 3 is 2.28 bits per heavy atom. The first-order valence-electron chi connectivity index (χ1n) is 5.11. The Kier molecular flexibility index (Phi) is 3.95. The molecule has 1 aromatic rings. The number of nitrogens with one attached hydrogen (secondary N) is 1. The van der Waals surface area contributed by atoms with Crippen LogP contribution < -0.4 is 5.48 Å².